The molecule has 1 aromatic rings. The quantitative estimate of drug-likeness (QED) is 0.827. The van der Waals surface area contributed by atoms with Crippen LogP contribution in [0.3, 0.4) is 0 Å². The second kappa shape index (κ2) is 7.10. The molecule has 104 valence electrons. The van der Waals surface area contributed by atoms with Gasteiger partial charge in [0, 0.05) is 13.7 Å². The van der Waals surface area contributed by atoms with Gasteiger partial charge < -0.3 is 10.1 Å². The van der Waals surface area contributed by atoms with Crippen molar-refractivity contribution in [3.05, 3.63) is 47.5 Å². The molecule has 0 heterocycles. The lowest BCUT2D eigenvalue weighted by molar-refractivity contribution is -0.116. The highest BCUT2D eigenvalue weighted by Crippen LogP contribution is 2.14. The van der Waals surface area contributed by atoms with Crippen LogP contribution in [-0.2, 0) is 22.7 Å². The molecule has 0 aliphatic rings. The first-order chi connectivity index (χ1) is 8.90. The lowest BCUT2D eigenvalue weighted by Gasteiger charge is -2.11. The molecule has 3 heteroatoms. The van der Waals surface area contributed by atoms with E-state index >= 15 is 0 Å². The molecule has 0 aromatic heterocycles. The number of hydrogen-bond donors (Lipinski definition) is 1. The summed E-state index contributed by atoms with van der Waals surface area (Å²) in [7, 11) is 1.67. The van der Waals surface area contributed by atoms with Crippen LogP contribution in [0.4, 0.5) is 0 Å². The number of carbonyl (C=O) groups excluding carboxylic acids is 1. The molecule has 0 unspecified atom stereocenters. The van der Waals surface area contributed by atoms with E-state index < -0.39 is 0 Å². The molecule has 0 radical (unpaired) electrons. The average Bonchev–Trinajstić information content (AvgIpc) is 2.34. The Morgan fingerprint density at radius 2 is 2.00 bits per heavy atom. The van der Waals surface area contributed by atoms with E-state index in [1.165, 1.54) is 0 Å². The third-order valence-corrected chi connectivity index (χ3v) is 2.50. The molecular formula is C16H23NO2. The minimum atomic E-state index is -0.0629. The Labute approximate surface area is 115 Å². The largest absolute Gasteiger partial charge is 0.380 e. The molecule has 1 N–H and O–H groups in total. The third kappa shape index (κ3) is 6.77. The Balaban J connectivity index is 2.50. The first-order valence-corrected chi connectivity index (χ1v) is 6.44. The normalized spacial score (nSPS) is 11.8. The Morgan fingerprint density at radius 3 is 2.63 bits per heavy atom. The second-order valence-corrected chi connectivity index (χ2v) is 5.67. The summed E-state index contributed by atoms with van der Waals surface area (Å²) in [4.78, 5) is 11.7. The lowest BCUT2D eigenvalue weighted by Crippen LogP contribution is -2.21. The number of methoxy groups -OCH3 is 1. The molecule has 0 spiro atoms. The van der Waals surface area contributed by atoms with Crippen LogP contribution in [0.15, 0.2) is 36.4 Å². The van der Waals surface area contributed by atoms with Crippen LogP contribution >= 0.6 is 0 Å². The van der Waals surface area contributed by atoms with E-state index in [4.69, 9.17) is 4.74 Å². The van der Waals surface area contributed by atoms with Crippen molar-refractivity contribution in [1.29, 1.82) is 0 Å². The van der Waals surface area contributed by atoms with E-state index in [1.807, 2.05) is 30.3 Å². The lowest BCUT2D eigenvalue weighted by atomic mass is 9.96. The van der Waals surface area contributed by atoms with Crippen LogP contribution in [0.25, 0.3) is 0 Å². The van der Waals surface area contributed by atoms with Gasteiger partial charge in [0.1, 0.15) is 0 Å². The van der Waals surface area contributed by atoms with Crippen LogP contribution in [0.5, 0.6) is 0 Å². The molecule has 0 atom stereocenters. The molecule has 0 saturated carbocycles. The number of ether oxygens (including phenoxy) is 1. The standard InChI is InChI=1S/C16H23NO2/c1-16(2,3)9-8-15(18)17-11-13-6-5-7-14(10-13)12-19-4/h5-10H,11-12H2,1-4H3,(H,17,18)/b9-8+. The molecule has 19 heavy (non-hydrogen) atoms. The average molecular weight is 261 g/mol. The van der Waals surface area contributed by atoms with E-state index in [2.05, 4.69) is 26.1 Å². The molecule has 0 bridgehead atoms. The van der Waals surface area contributed by atoms with E-state index in [-0.39, 0.29) is 11.3 Å². The Morgan fingerprint density at radius 1 is 1.32 bits per heavy atom. The highest BCUT2D eigenvalue weighted by molar-refractivity contribution is 5.87. The molecule has 1 aromatic carbocycles. The summed E-state index contributed by atoms with van der Waals surface area (Å²) in [5.41, 5.74) is 2.21. The molecule has 0 saturated heterocycles. The third-order valence-electron chi connectivity index (χ3n) is 2.50. The van der Waals surface area contributed by atoms with Gasteiger partial charge in [-0.2, -0.15) is 0 Å². The SMILES string of the molecule is COCc1cccc(CNC(=O)/C=C/C(C)(C)C)c1. The van der Waals surface area contributed by atoms with Gasteiger partial charge in [0.05, 0.1) is 6.61 Å². The number of rotatable bonds is 5. The number of amides is 1. The Hall–Kier alpha value is -1.61. The maximum Gasteiger partial charge on any atom is 0.243 e. The minimum absolute atomic E-state index is 0.0235. The molecule has 0 fully saturated rings. The summed E-state index contributed by atoms with van der Waals surface area (Å²) >= 11 is 0. The topological polar surface area (TPSA) is 38.3 Å². The highest BCUT2D eigenvalue weighted by atomic mass is 16.5. The maximum atomic E-state index is 11.7. The van der Waals surface area contributed by atoms with Gasteiger partial charge in [-0.3, -0.25) is 4.79 Å². The van der Waals surface area contributed by atoms with Crippen molar-refractivity contribution in [2.75, 3.05) is 7.11 Å². The smallest absolute Gasteiger partial charge is 0.243 e. The molecule has 1 rings (SSSR count). The number of carbonyl (C=O) groups is 1. The van der Waals surface area contributed by atoms with Crippen molar-refractivity contribution in [3.63, 3.8) is 0 Å². The maximum absolute atomic E-state index is 11.7. The summed E-state index contributed by atoms with van der Waals surface area (Å²) in [6, 6.07) is 8.01. The number of nitrogens with one attached hydrogen (secondary N) is 1. The zero-order valence-corrected chi connectivity index (χ0v) is 12.2. The van der Waals surface area contributed by atoms with E-state index in [0.29, 0.717) is 13.2 Å². The Bertz CT molecular complexity index is 444. The Kier molecular flexibility index (Phi) is 5.77. The van der Waals surface area contributed by atoms with Gasteiger partial charge in [-0.25, -0.2) is 0 Å². The van der Waals surface area contributed by atoms with Gasteiger partial charge in [0.2, 0.25) is 5.91 Å². The first kappa shape index (κ1) is 15.4. The fourth-order valence-corrected chi connectivity index (χ4v) is 1.57. The summed E-state index contributed by atoms with van der Waals surface area (Å²) in [5.74, 6) is -0.0629. The van der Waals surface area contributed by atoms with Crippen LogP contribution in [0.1, 0.15) is 31.9 Å². The summed E-state index contributed by atoms with van der Waals surface area (Å²) in [6.45, 7) is 7.30. The fourth-order valence-electron chi connectivity index (χ4n) is 1.57. The van der Waals surface area contributed by atoms with Gasteiger partial charge in [-0.15, -0.1) is 0 Å². The summed E-state index contributed by atoms with van der Waals surface area (Å²) in [6.07, 6.45) is 3.50. The monoisotopic (exact) mass is 261 g/mol. The second-order valence-electron chi connectivity index (χ2n) is 5.67. The van der Waals surface area contributed by atoms with Crippen molar-refractivity contribution in [3.8, 4) is 0 Å². The molecular weight excluding hydrogens is 238 g/mol. The predicted octanol–water partition coefficient (Wildman–Crippen LogP) is 3.05. The van der Waals surface area contributed by atoms with Crippen molar-refractivity contribution < 1.29 is 9.53 Å². The van der Waals surface area contributed by atoms with Crippen molar-refractivity contribution in [2.45, 2.75) is 33.9 Å². The zero-order chi connectivity index (χ0) is 14.3. The molecule has 1 amide bonds. The van der Waals surface area contributed by atoms with E-state index in [1.54, 1.807) is 13.2 Å². The van der Waals surface area contributed by atoms with Crippen molar-refractivity contribution in [1.82, 2.24) is 5.32 Å². The van der Waals surface area contributed by atoms with Gasteiger partial charge in [-0.1, -0.05) is 51.1 Å². The van der Waals surface area contributed by atoms with Gasteiger partial charge in [-0.05, 0) is 22.6 Å². The van der Waals surface area contributed by atoms with Gasteiger partial charge in [0.25, 0.3) is 0 Å². The molecule has 3 nitrogen and oxygen atoms in total. The molecule has 0 aliphatic heterocycles. The van der Waals surface area contributed by atoms with Crippen LogP contribution in [0.2, 0.25) is 0 Å². The number of allylic oxidation sites excluding steroid dienone is 1. The number of benzene rings is 1. The van der Waals surface area contributed by atoms with Crippen LogP contribution < -0.4 is 5.32 Å². The predicted molar refractivity (Wildman–Crippen MR) is 77.6 cm³/mol. The minimum Gasteiger partial charge on any atom is -0.380 e. The van der Waals surface area contributed by atoms with Crippen molar-refractivity contribution >= 4 is 5.91 Å². The summed E-state index contributed by atoms with van der Waals surface area (Å²) < 4.78 is 5.09. The highest BCUT2D eigenvalue weighted by Gasteiger charge is 2.05. The fraction of sp³-hybridized carbons (Fsp3) is 0.438. The summed E-state index contributed by atoms with van der Waals surface area (Å²) in [5, 5.41) is 2.87. The van der Waals surface area contributed by atoms with Crippen molar-refractivity contribution in [2.24, 2.45) is 5.41 Å². The van der Waals surface area contributed by atoms with Crippen LogP contribution in [0, 0.1) is 5.41 Å². The van der Waals surface area contributed by atoms with E-state index in [9.17, 15) is 4.79 Å². The van der Waals surface area contributed by atoms with Gasteiger partial charge >= 0.3 is 0 Å². The first-order valence-electron chi connectivity index (χ1n) is 6.44. The molecule has 0 aliphatic carbocycles. The van der Waals surface area contributed by atoms with Crippen LogP contribution in [-0.4, -0.2) is 13.0 Å². The van der Waals surface area contributed by atoms with E-state index in [0.717, 1.165) is 11.1 Å². The number of hydrogen-bond acceptors (Lipinski definition) is 2. The van der Waals surface area contributed by atoms with Gasteiger partial charge in [0.15, 0.2) is 0 Å². The zero-order valence-electron chi connectivity index (χ0n) is 12.2.